The van der Waals surface area contributed by atoms with Crippen LogP contribution in [0.25, 0.3) is 0 Å². The number of rotatable bonds is 1. The molecule has 102 valence electrons. The lowest BCUT2D eigenvalue weighted by atomic mass is 9.53. The minimum atomic E-state index is 0.358. The summed E-state index contributed by atoms with van der Waals surface area (Å²) in [6.07, 6.45) is 5.35. The Kier molecular flexibility index (Phi) is 2.47. The molecule has 19 heavy (non-hydrogen) atoms. The van der Waals surface area contributed by atoms with Crippen molar-refractivity contribution in [2.24, 2.45) is 11.8 Å². The van der Waals surface area contributed by atoms with Crippen LogP contribution in [-0.4, -0.2) is 19.7 Å². The Morgan fingerprint density at radius 2 is 2.26 bits per heavy atom. The normalized spacial score (nSPS) is 39.6. The van der Waals surface area contributed by atoms with Gasteiger partial charge in [0.1, 0.15) is 5.75 Å². The Bertz CT molecular complexity index is 512. The molecule has 1 aromatic rings. The highest BCUT2D eigenvalue weighted by molar-refractivity contribution is 5.44. The molecule has 4 atom stereocenters. The third-order valence-corrected chi connectivity index (χ3v) is 6.00. The third-order valence-electron chi connectivity index (χ3n) is 6.00. The van der Waals surface area contributed by atoms with Crippen LogP contribution in [0.4, 0.5) is 0 Å². The molecule has 2 bridgehead atoms. The monoisotopic (exact) mass is 257 g/mol. The number of hydrogen-bond donors (Lipinski definition) is 1. The summed E-state index contributed by atoms with van der Waals surface area (Å²) in [5, 5.41) is 3.82. The molecule has 3 aliphatic rings. The van der Waals surface area contributed by atoms with Crippen molar-refractivity contribution >= 4 is 0 Å². The predicted octanol–water partition coefficient (Wildman–Crippen LogP) is 2.90. The number of benzene rings is 1. The fourth-order valence-electron chi connectivity index (χ4n) is 4.86. The predicted molar refractivity (Wildman–Crippen MR) is 76.7 cm³/mol. The summed E-state index contributed by atoms with van der Waals surface area (Å²) in [5.41, 5.74) is 3.46. The second-order valence-electron chi connectivity index (χ2n) is 6.91. The van der Waals surface area contributed by atoms with Gasteiger partial charge in [-0.25, -0.2) is 0 Å². The van der Waals surface area contributed by atoms with Gasteiger partial charge in [0.25, 0.3) is 0 Å². The summed E-state index contributed by atoms with van der Waals surface area (Å²) < 4.78 is 5.45. The zero-order valence-corrected chi connectivity index (χ0v) is 11.9. The summed E-state index contributed by atoms with van der Waals surface area (Å²) >= 11 is 0. The Balaban J connectivity index is 1.85. The highest BCUT2D eigenvalue weighted by atomic mass is 16.5. The van der Waals surface area contributed by atoms with Crippen molar-refractivity contribution in [3.05, 3.63) is 29.3 Å². The highest BCUT2D eigenvalue weighted by Gasteiger charge is 2.50. The fourth-order valence-corrected chi connectivity index (χ4v) is 4.86. The Morgan fingerprint density at radius 1 is 1.37 bits per heavy atom. The van der Waals surface area contributed by atoms with Crippen LogP contribution in [0.15, 0.2) is 18.2 Å². The van der Waals surface area contributed by atoms with Gasteiger partial charge in [-0.15, -0.1) is 0 Å². The maximum absolute atomic E-state index is 5.45. The summed E-state index contributed by atoms with van der Waals surface area (Å²) in [4.78, 5) is 0. The molecule has 1 N–H and O–H groups in total. The number of fused-ring (bicyclic) bond motifs is 3. The van der Waals surface area contributed by atoms with E-state index >= 15 is 0 Å². The first-order chi connectivity index (χ1) is 9.20. The lowest BCUT2D eigenvalue weighted by molar-refractivity contribution is 0.0626. The number of piperidine rings is 1. The summed E-state index contributed by atoms with van der Waals surface area (Å²) in [6.45, 7) is 3.73. The van der Waals surface area contributed by atoms with E-state index < -0.39 is 0 Å². The van der Waals surface area contributed by atoms with Crippen LogP contribution < -0.4 is 10.1 Å². The molecule has 2 heteroatoms. The van der Waals surface area contributed by atoms with Gasteiger partial charge in [-0.3, -0.25) is 0 Å². The molecule has 0 amide bonds. The molecule has 0 radical (unpaired) electrons. The van der Waals surface area contributed by atoms with E-state index in [1.54, 1.807) is 12.7 Å². The van der Waals surface area contributed by atoms with Gasteiger partial charge in [0.15, 0.2) is 0 Å². The van der Waals surface area contributed by atoms with Gasteiger partial charge < -0.3 is 10.1 Å². The molecule has 1 aliphatic heterocycles. The molecule has 2 aliphatic carbocycles. The van der Waals surface area contributed by atoms with E-state index in [0.717, 1.165) is 17.6 Å². The third kappa shape index (κ3) is 1.59. The molecule has 0 spiro atoms. The maximum atomic E-state index is 5.45. The minimum absolute atomic E-state index is 0.358. The van der Waals surface area contributed by atoms with Crippen molar-refractivity contribution in [2.75, 3.05) is 13.7 Å². The SMILES string of the molecule is COc1ccc2c(c1)C1(C)CCC3CNC(C2)C1C3. The average molecular weight is 257 g/mol. The van der Waals surface area contributed by atoms with E-state index in [-0.39, 0.29) is 0 Å². The van der Waals surface area contributed by atoms with Crippen molar-refractivity contribution in [1.29, 1.82) is 0 Å². The van der Waals surface area contributed by atoms with Crippen LogP contribution in [0.5, 0.6) is 5.75 Å². The first-order valence-corrected chi connectivity index (χ1v) is 7.61. The van der Waals surface area contributed by atoms with Crippen molar-refractivity contribution < 1.29 is 4.74 Å². The summed E-state index contributed by atoms with van der Waals surface area (Å²) in [6, 6.07) is 7.41. The zero-order valence-electron chi connectivity index (χ0n) is 11.9. The quantitative estimate of drug-likeness (QED) is 0.835. The summed E-state index contributed by atoms with van der Waals surface area (Å²) in [5.74, 6) is 2.76. The fraction of sp³-hybridized carbons (Fsp3) is 0.647. The van der Waals surface area contributed by atoms with Crippen LogP contribution in [0.1, 0.15) is 37.3 Å². The van der Waals surface area contributed by atoms with E-state index in [1.165, 1.54) is 37.8 Å². The van der Waals surface area contributed by atoms with Crippen LogP contribution in [0, 0.1) is 11.8 Å². The molecular formula is C17H23NO. The molecule has 1 aromatic carbocycles. The Morgan fingerprint density at radius 3 is 3.11 bits per heavy atom. The van der Waals surface area contributed by atoms with Gasteiger partial charge in [-0.1, -0.05) is 13.0 Å². The number of methoxy groups -OCH3 is 1. The van der Waals surface area contributed by atoms with Gasteiger partial charge in [0.2, 0.25) is 0 Å². The van der Waals surface area contributed by atoms with E-state index in [4.69, 9.17) is 4.74 Å². The Labute approximate surface area is 115 Å². The van der Waals surface area contributed by atoms with Crippen LogP contribution in [-0.2, 0) is 11.8 Å². The molecule has 0 aromatic heterocycles. The highest BCUT2D eigenvalue weighted by Crippen LogP contribution is 2.53. The van der Waals surface area contributed by atoms with Crippen LogP contribution in [0.3, 0.4) is 0 Å². The molecule has 1 heterocycles. The van der Waals surface area contributed by atoms with E-state index in [2.05, 4.69) is 30.4 Å². The van der Waals surface area contributed by atoms with Gasteiger partial charge in [0, 0.05) is 6.04 Å². The second-order valence-corrected chi connectivity index (χ2v) is 6.91. The number of hydrogen-bond acceptors (Lipinski definition) is 2. The molecule has 1 saturated heterocycles. The van der Waals surface area contributed by atoms with E-state index in [0.29, 0.717) is 11.5 Å². The smallest absolute Gasteiger partial charge is 0.119 e. The van der Waals surface area contributed by atoms with E-state index in [9.17, 15) is 0 Å². The van der Waals surface area contributed by atoms with Crippen LogP contribution in [0.2, 0.25) is 0 Å². The van der Waals surface area contributed by atoms with Gasteiger partial charge in [0.05, 0.1) is 7.11 Å². The van der Waals surface area contributed by atoms with Gasteiger partial charge in [-0.05, 0) is 72.7 Å². The second kappa shape index (κ2) is 3.99. The first-order valence-electron chi connectivity index (χ1n) is 7.61. The first kappa shape index (κ1) is 11.8. The maximum Gasteiger partial charge on any atom is 0.119 e. The molecule has 4 unspecified atom stereocenters. The minimum Gasteiger partial charge on any atom is -0.497 e. The average Bonchev–Trinajstić information content (AvgIpc) is 2.46. The van der Waals surface area contributed by atoms with Gasteiger partial charge in [-0.2, -0.15) is 0 Å². The van der Waals surface area contributed by atoms with Crippen molar-refractivity contribution in [2.45, 2.75) is 44.1 Å². The number of nitrogens with one attached hydrogen (secondary N) is 1. The molecule has 2 nitrogen and oxygen atoms in total. The topological polar surface area (TPSA) is 21.3 Å². The van der Waals surface area contributed by atoms with Gasteiger partial charge >= 0.3 is 0 Å². The Hall–Kier alpha value is -1.02. The molecule has 4 rings (SSSR count). The van der Waals surface area contributed by atoms with Crippen LogP contribution >= 0.6 is 0 Å². The number of ether oxygens (including phenoxy) is 1. The molecule has 2 fully saturated rings. The zero-order chi connectivity index (χ0) is 13.0. The molecular weight excluding hydrogens is 234 g/mol. The lowest BCUT2D eigenvalue weighted by Gasteiger charge is -2.55. The lowest BCUT2D eigenvalue weighted by Crippen LogP contribution is -2.59. The van der Waals surface area contributed by atoms with Crippen molar-refractivity contribution in [3.63, 3.8) is 0 Å². The standard InChI is InChI=1S/C17H23NO/c1-17-6-5-11-7-15(17)16(18-10-11)8-12-3-4-13(19-2)9-14(12)17/h3-4,9,11,15-16,18H,5-8,10H2,1-2H3. The molecule has 1 saturated carbocycles. The van der Waals surface area contributed by atoms with Crippen molar-refractivity contribution in [3.8, 4) is 5.75 Å². The largest absolute Gasteiger partial charge is 0.497 e. The van der Waals surface area contributed by atoms with Crippen molar-refractivity contribution in [1.82, 2.24) is 5.32 Å². The summed E-state index contributed by atoms with van der Waals surface area (Å²) in [7, 11) is 1.77. The van der Waals surface area contributed by atoms with E-state index in [1.807, 2.05) is 0 Å².